The van der Waals surface area contributed by atoms with Crippen LogP contribution in [0.15, 0.2) is 24.4 Å². The Morgan fingerprint density at radius 3 is 2.84 bits per heavy atom. The summed E-state index contributed by atoms with van der Waals surface area (Å²) < 4.78 is 0. The van der Waals surface area contributed by atoms with Crippen LogP contribution in [0, 0.1) is 11.3 Å². The van der Waals surface area contributed by atoms with Crippen molar-refractivity contribution in [3.05, 3.63) is 41.4 Å². The lowest BCUT2D eigenvalue weighted by Gasteiger charge is -2.10. The van der Waals surface area contributed by atoms with Crippen molar-refractivity contribution in [2.45, 2.75) is 0 Å². The number of hydrogen-bond acceptors (Lipinski definition) is 8. The third-order valence-electron chi connectivity index (χ3n) is 3.37. The minimum absolute atomic E-state index is 0.0374. The average Bonchev–Trinajstić information content (AvgIpc) is 3.19. The number of carbonyl (C=O) groups is 3. The minimum Gasteiger partial charge on any atom is -0.480 e. The second kappa shape index (κ2) is 6.20. The second-order valence-electron chi connectivity index (χ2n) is 4.87. The van der Waals surface area contributed by atoms with Crippen molar-refractivity contribution < 1.29 is 19.5 Å². The third-order valence-corrected chi connectivity index (χ3v) is 3.37. The Morgan fingerprint density at radius 1 is 1.40 bits per heavy atom. The number of nitriles is 1. The summed E-state index contributed by atoms with van der Waals surface area (Å²) in [5.74, 6) is -2.66. The number of benzene rings is 1. The van der Waals surface area contributed by atoms with Gasteiger partial charge in [0.15, 0.2) is 0 Å². The molecule has 0 unspecified atom stereocenters. The largest absolute Gasteiger partial charge is 0.480 e. The first kappa shape index (κ1) is 15.8. The third kappa shape index (κ3) is 2.79. The lowest BCUT2D eigenvalue weighted by Crippen LogP contribution is -2.34. The molecule has 25 heavy (non-hydrogen) atoms. The molecule has 124 valence electrons. The number of carboxylic acid groups (broad SMARTS) is 1. The van der Waals surface area contributed by atoms with Crippen molar-refractivity contribution in [3.63, 3.8) is 0 Å². The number of fused-ring (bicyclic) bond motifs is 1. The molecule has 1 aromatic carbocycles. The number of rotatable bonds is 5. The van der Waals surface area contributed by atoms with E-state index in [4.69, 9.17) is 10.4 Å². The van der Waals surface area contributed by atoms with Gasteiger partial charge in [-0.05, 0) is 17.3 Å². The Hall–Kier alpha value is -4.07. The number of hydrogen-bond donors (Lipinski definition) is 3. The molecule has 11 heteroatoms. The second-order valence-corrected chi connectivity index (χ2v) is 4.87. The van der Waals surface area contributed by atoms with E-state index in [1.165, 1.54) is 24.4 Å². The predicted octanol–water partition coefficient (Wildman–Crippen LogP) is -0.143. The number of carboxylic acids is 1. The standard InChI is InChI=1S/C14H9N7O4/c15-4-7(12-17-19-20-18-12)5-16-9-3-1-2-8-11(9)14(25)21(13(8)24)6-10(22)23/h1-3,5,16H,6H2,(H,22,23)(H,17,18,19,20). The van der Waals surface area contributed by atoms with Crippen LogP contribution in [0.3, 0.4) is 0 Å². The van der Waals surface area contributed by atoms with Gasteiger partial charge in [0.25, 0.3) is 11.8 Å². The number of H-pyrrole nitrogens is 1. The van der Waals surface area contributed by atoms with Crippen LogP contribution >= 0.6 is 0 Å². The van der Waals surface area contributed by atoms with E-state index >= 15 is 0 Å². The summed E-state index contributed by atoms with van der Waals surface area (Å²) in [5, 5.41) is 33.6. The minimum atomic E-state index is -1.30. The Balaban J connectivity index is 1.94. The molecule has 11 nitrogen and oxygen atoms in total. The lowest BCUT2D eigenvalue weighted by atomic mass is 10.1. The van der Waals surface area contributed by atoms with Gasteiger partial charge in [-0.2, -0.15) is 10.5 Å². The smallest absolute Gasteiger partial charge is 0.323 e. The molecule has 2 heterocycles. The highest BCUT2D eigenvalue weighted by Crippen LogP contribution is 2.29. The molecule has 3 N–H and O–H groups in total. The number of nitrogens with one attached hydrogen (secondary N) is 2. The van der Waals surface area contributed by atoms with Gasteiger partial charge in [0.2, 0.25) is 5.82 Å². The summed E-state index contributed by atoms with van der Waals surface area (Å²) in [6, 6.07) is 6.35. The van der Waals surface area contributed by atoms with Crippen LogP contribution < -0.4 is 5.32 Å². The fourth-order valence-corrected chi connectivity index (χ4v) is 2.31. The number of nitrogens with zero attached hydrogens (tertiary/aromatic N) is 5. The number of aromatic nitrogens is 4. The van der Waals surface area contributed by atoms with Gasteiger partial charge < -0.3 is 10.4 Å². The maximum Gasteiger partial charge on any atom is 0.323 e. The van der Waals surface area contributed by atoms with Crippen LogP contribution in [0.5, 0.6) is 0 Å². The Kier molecular flexibility index (Phi) is 3.92. The van der Waals surface area contributed by atoms with Gasteiger partial charge >= 0.3 is 5.97 Å². The number of anilines is 1. The van der Waals surface area contributed by atoms with Gasteiger partial charge in [-0.15, -0.1) is 10.2 Å². The highest BCUT2D eigenvalue weighted by atomic mass is 16.4. The molecule has 1 aliphatic heterocycles. The number of carbonyl (C=O) groups excluding carboxylic acids is 2. The molecule has 0 radical (unpaired) electrons. The van der Waals surface area contributed by atoms with Crippen molar-refractivity contribution in [1.29, 1.82) is 5.26 Å². The fraction of sp³-hybridized carbons (Fsp3) is 0.0714. The highest BCUT2D eigenvalue weighted by molar-refractivity contribution is 6.24. The van der Waals surface area contributed by atoms with Gasteiger partial charge in [0.05, 0.1) is 16.8 Å². The van der Waals surface area contributed by atoms with Crippen LogP contribution in [-0.2, 0) is 4.79 Å². The predicted molar refractivity (Wildman–Crippen MR) is 80.8 cm³/mol. The summed E-state index contributed by atoms with van der Waals surface area (Å²) in [6.07, 6.45) is 1.26. The fourth-order valence-electron chi connectivity index (χ4n) is 2.31. The van der Waals surface area contributed by atoms with Crippen LogP contribution in [0.2, 0.25) is 0 Å². The Bertz CT molecular complexity index is 943. The number of tetrazole rings is 1. The highest BCUT2D eigenvalue weighted by Gasteiger charge is 2.38. The summed E-state index contributed by atoms with van der Waals surface area (Å²) in [5.41, 5.74) is 0.420. The zero-order chi connectivity index (χ0) is 18.0. The van der Waals surface area contributed by atoms with E-state index in [9.17, 15) is 14.4 Å². The van der Waals surface area contributed by atoms with E-state index in [0.29, 0.717) is 4.90 Å². The van der Waals surface area contributed by atoms with Crippen LogP contribution in [0.25, 0.3) is 5.57 Å². The first-order valence-corrected chi connectivity index (χ1v) is 6.84. The van der Waals surface area contributed by atoms with Crippen LogP contribution in [0.1, 0.15) is 26.5 Å². The van der Waals surface area contributed by atoms with Gasteiger partial charge in [0.1, 0.15) is 18.2 Å². The van der Waals surface area contributed by atoms with Crippen LogP contribution in [0.4, 0.5) is 5.69 Å². The lowest BCUT2D eigenvalue weighted by molar-refractivity contribution is -0.137. The molecule has 1 aromatic heterocycles. The number of aromatic amines is 1. The summed E-state index contributed by atoms with van der Waals surface area (Å²) >= 11 is 0. The summed E-state index contributed by atoms with van der Waals surface area (Å²) in [7, 11) is 0. The number of aliphatic carboxylic acids is 1. The molecule has 0 atom stereocenters. The van der Waals surface area contributed by atoms with E-state index in [1.807, 2.05) is 6.07 Å². The molecular formula is C14H9N7O4. The molecule has 3 rings (SSSR count). The van der Waals surface area contributed by atoms with E-state index < -0.39 is 24.3 Å². The van der Waals surface area contributed by atoms with Crippen molar-refractivity contribution in [2.75, 3.05) is 11.9 Å². The Morgan fingerprint density at radius 2 is 2.20 bits per heavy atom. The number of imide groups is 1. The number of amides is 2. The van der Waals surface area contributed by atoms with Crippen molar-refractivity contribution in [3.8, 4) is 6.07 Å². The maximum absolute atomic E-state index is 12.4. The van der Waals surface area contributed by atoms with Crippen LogP contribution in [-0.4, -0.2) is 55.0 Å². The zero-order valence-corrected chi connectivity index (χ0v) is 12.4. The molecule has 0 saturated carbocycles. The van der Waals surface area contributed by atoms with Gasteiger partial charge in [-0.1, -0.05) is 6.07 Å². The van der Waals surface area contributed by atoms with Crippen molar-refractivity contribution >= 4 is 29.0 Å². The Labute approximate surface area is 139 Å². The van der Waals surface area contributed by atoms with Crippen molar-refractivity contribution in [1.82, 2.24) is 25.5 Å². The van der Waals surface area contributed by atoms with Crippen molar-refractivity contribution in [2.24, 2.45) is 0 Å². The molecule has 0 bridgehead atoms. The molecule has 1 aliphatic rings. The first-order valence-electron chi connectivity index (χ1n) is 6.84. The maximum atomic E-state index is 12.4. The molecule has 0 spiro atoms. The van der Waals surface area contributed by atoms with E-state index in [0.717, 1.165) is 0 Å². The average molecular weight is 339 g/mol. The normalized spacial score (nSPS) is 13.6. The molecule has 2 amide bonds. The first-order chi connectivity index (χ1) is 12.0. The van der Waals surface area contributed by atoms with Gasteiger partial charge in [-0.3, -0.25) is 19.3 Å². The van der Waals surface area contributed by atoms with E-state index in [-0.39, 0.29) is 28.2 Å². The van der Waals surface area contributed by atoms with E-state index in [1.54, 1.807) is 0 Å². The number of allylic oxidation sites excluding steroid dienone is 1. The van der Waals surface area contributed by atoms with E-state index in [2.05, 4.69) is 25.9 Å². The molecular weight excluding hydrogens is 330 g/mol. The monoisotopic (exact) mass is 339 g/mol. The molecule has 0 fully saturated rings. The topological polar surface area (TPSA) is 165 Å². The molecule has 2 aromatic rings. The van der Waals surface area contributed by atoms with Gasteiger partial charge in [0, 0.05) is 6.20 Å². The summed E-state index contributed by atoms with van der Waals surface area (Å²) in [4.78, 5) is 36.1. The molecule has 0 aliphatic carbocycles. The SMILES string of the molecule is N#CC(=CNc1cccc2c1C(=O)N(CC(=O)O)C2=O)c1nn[nH]n1. The van der Waals surface area contributed by atoms with Gasteiger partial charge in [-0.25, -0.2) is 0 Å². The quantitative estimate of drug-likeness (QED) is 0.496. The zero-order valence-electron chi connectivity index (χ0n) is 12.4. The molecule has 0 saturated heterocycles. The summed E-state index contributed by atoms with van der Waals surface area (Å²) in [6.45, 7) is -0.728.